The minimum absolute atomic E-state index is 0.199. The van der Waals surface area contributed by atoms with Crippen LogP contribution >= 0.6 is 0 Å². The number of hydrogen-bond donors (Lipinski definition) is 1. The monoisotopic (exact) mass is 472 g/mol. The molecule has 178 valence electrons. The van der Waals surface area contributed by atoms with Crippen LogP contribution in [-0.2, 0) is 21.2 Å². The highest BCUT2D eigenvalue weighted by molar-refractivity contribution is 7.89. The molecule has 33 heavy (non-hydrogen) atoms. The zero-order valence-corrected chi connectivity index (χ0v) is 20.1. The quantitative estimate of drug-likeness (QED) is 0.695. The Labute approximate surface area is 196 Å². The predicted octanol–water partition coefficient (Wildman–Crippen LogP) is 2.27. The lowest BCUT2D eigenvalue weighted by Crippen LogP contribution is -2.44. The van der Waals surface area contributed by atoms with Crippen molar-refractivity contribution in [2.75, 3.05) is 69.7 Å². The Bertz CT molecular complexity index is 1070. The van der Waals surface area contributed by atoms with Crippen molar-refractivity contribution in [2.45, 2.75) is 18.2 Å². The summed E-state index contributed by atoms with van der Waals surface area (Å²) in [5.41, 5.74) is 2.83. The minimum atomic E-state index is -3.69. The average molecular weight is 473 g/mol. The van der Waals surface area contributed by atoms with Crippen LogP contribution in [0.1, 0.15) is 22.8 Å². The van der Waals surface area contributed by atoms with Gasteiger partial charge in [-0.3, -0.25) is 4.79 Å². The number of nitrogens with zero attached hydrogens (tertiary/aromatic N) is 3. The van der Waals surface area contributed by atoms with E-state index in [0.717, 1.165) is 31.9 Å². The fourth-order valence-corrected chi connectivity index (χ4v) is 5.91. The molecule has 0 saturated carbocycles. The molecule has 2 aliphatic heterocycles. The molecule has 0 bridgehead atoms. The van der Waals surface area contributed by atoms with Gasteiger partial charge in [-0.15, -0.1) is 0 Å². The molecule has 8 nitrogen and oxygen atoms in total. The average Bonchev–Trinajstić information content (AvgIpc) is 2.85. The number of hydrogen-bond acceptors (Lipinski definition) is 6. The number of anilines is 2. The number of likely N-dealkylation sites (N-methyl/N-ethyl adjacent to an activating group) is 1. The third-order valence-electron chi connectivity index (χ3n) is 6.29. The van der Waals surface area contributed by atoms with Crippen molar-refractivity contribution in [1.82, 2.24) is 9.21 Å². The van der Waals surface area contributed by atoms with Crippen LogP contribution in [0.15, 0.2) is 47.4 Å². The molecule has 2 saturated heterocycles. The van der Waals surface area contributed by atoms with Gasteiger partial charge in [-0.05, 0) is 55.4 Å². The van der Waals surface area contributed by atoms with E-state index in [2.05, 4.69) is 22.2 Å². The maximum absolute atomic E-state index is 13.2. The van der Waals surface area contributed by atoms with Crippen LogP contribution < -0.4 is 10.2 Å². The normalized spacial score (nSPS) is 18.3. The Hall–Kier alpha value is -2.46. The first-order valence-electron chi connectivity index (χ1n) is 11.4. The van der Waals surface area contributed by atoms with E-state index in [1.165, 1.54) is 10.4 Å². The number of rotatable bonds is 6. The molecule has 0 atom stereocenters. The Morgan fingerprint density at radius 2 is 1.64 bits per heavy atom. The number of aryl methyl sites for hydroxylation is 1. The van der Waals surface area contributed by atoms with E-state index in [9.17, 15) is 13.2 Å². The zero-order chi connectivity index (χ0) is 23.4. The summed E-state index contributed by atoms with van der Waals surface area (Å²) in [4.78, 5) is 17.8. The van der Waals surface area contributed by atoms with Gasteiger partial charge in [0.05, 0.1) is 18.1 Å². The number of morpholine rings is 1. The molecule has 0 aromatic heterocycles. The molecular formula is C24H32N4O4S. The molecule has 0 unspecified atom stereocenters. The van der Waals surface area contributed by atoms with E-state index in [1.807, 2.05) is 31.2 Å². The maximum atomic E-state index is 13.2. The molecule has 2 fully saturated rings. The van der Waals surface area contributed by atoms with Gasteiger partial charge < -0.3 is 19.9 Å². The number of carbonyl (C=O) groups excluding carboxylic acids is 1. The van der Waals surface area contributed by atoms with Crippen molar-refractivity contribution in [3.63, 3.8) is 0 Å². The van der Waals surface area contributed by atoms with Crippen LogP contribution in [-0.4, -0.2) is 83.1 Å². The molecule has 9 heteroatoms. The van der Waals surface area contributed by atoms with E-state index < -0.39 is 10.0 Å². The molecule has 2 aliphatic rings. The summed E-state index contributed by atoms with van der Waals surface area (Å²) in [6.07, 6.45) is 0.564. The highest BCUT2D eigenvalue weighted by Gasteiger charge is 2.29. The second-order valence-electron chi connectivity index (χ2n) is 8.48. The lowest BCUT2D eigenvalue weighted by Gasteiger charge is -2.34. The summed E-state index contributed by atoms with van der Waals surface area (Å²) < 4.78 is 33.2. The number of benzene rings is 2. The summed E-state index contributed by atoms with van der Waals surface area (Å²) in [7, 11) is -1.57. The van der Waals surface area contributed by atoms with Gasteiger partial charge in [-0.25, -0.2) is 8.42 Å². The van der Waals surface area contributed by atoms with Crippen LogP contribution in [0.5, 0.6) is 0 Å². The number of sulfonamides is 1. The van der Waals surface area contributed by atoms with Crippen LogP contribution in [0.25, 0.3) is 0 Å². The van der Waals surface area contributed by atoms with Gasteiger partial charge >= 0.3 is 0 Å². The first-order chi connectivity index (χ1) is 15.9. The molecular weight excluding hydrogens is 440 g/mol. The molecule has 2 aromatic rings. The molecule has 1 N–H and O–H groups in total. The molecule has 1 amide bonds. The van der Waals surface area contributed by atoms with Crippen molar-refractivity contribution in [1.29, 1.82) is 0 Å². The van der Waals surface area contributed by atoms with Gasteiger partial charge in [-0.1, -0.05) is 13.0 Å². The highest BCUT2D eigenvalue weighted by atomic mass is 32.2. The third-order valence-corrected chi connectivity index (χ3v) is 8.27. The van der Waals surface area contributed by atoms with E-state index in [4.69, 9.17) is 4.74 Å². The molecule has 2 aromatic carbocycles. The van der Waals surface area contributed by atoms with Crippen LogP contribution in [0.2, 0.25) is 0 Å². The minimum Gasteiger partial charge on any atom is -0.379 e. The summed E-state index contributed by atoms with van der Waals surface area (Å²) >= 11 is 0. The summed E-state index contributed by atoms with van der Waals surface area (Å²) in [5, 5.41) is 2.90. The number of amides is 1. The molecule has 4 rings (SSSR count). The molecule has 0 radical (unpaired) electrons. The Morgan fingerprint density at radius 1 is 0.970 bits per heavy atom. The fourth-order valence-electron chi connectivity index (χ4n) is 4.18. The largest absolute Gasteiger partial charge is 0.379 e. The number of carbonyl (C=O) groups is 1. The lowest BCUT2D eigenvalue weighted by molar-refractivity contribution is 0.0730. The van der Waals surface area contributed by atoms with Gasteiger partial charge in [0, 0.05) is 56.2 Å². The SMILES string of the molecule is CCc1ccc(C(=O)Nc2ccc(N3CCN(C)CC3)cc2)cc1S(=O)(=O)N1CCOCC1. The van der Waals surface area contributed by atoms with E-state index in [1.54, 1.807) is 12.1 Å². The first kappa shape index (κ1) is 23.7. The van der Waals surface area contributed by atoms with E-state index in [-0.39, 0.29) is 10.8 Å². The Morgan fingerprint density at radius 3 is 2.27 bits per heavy atom. The standard InChI is InChI=1S/C24H32N4O4S/c1-3-19-4-5-20(18-23(19)33(30,31)28-14-16-32-17-15-28)24(29)25-21-6-8-22(9-7-21)27-12-10-26(2)11-13-27/h4-9,18H,3,10-17H2,1-2H3,(H,25,29). The Kier molecular flexibility index (Phi) is 7.33. The van der Waals surface area contributed by atoms with Crippen LogP contribution in [0, 0.1) is 0 Å². The number of ether oxygens (including phenoxy) is 1. The topological polar surface area (TPSA) is 82.2 Å². The second kappa shape index (κ2) is 10.2. The molecule has 2 heterocycles. The lowest BCUT2D eigenvalue weighted by atomic mass is 10.1. The summed E-state index contributed by atoms with van der Waals surface area (Å²) in [6.45, 7) is 7.33. The van der Waals surface area contributed by atoms with Gasteiger partial charge in [-0.2, -0.15) is 4.31 Å². The second-order valence-corrected chi connectivity index (χ2v) is 10.4. The van der Waals surface area contributed by atoms with Crippen LogP contribution in [0.4, 0.5) is 11.4 Å². The highest BCUT2D eigenvalue weighted by Crippen LogP contribution is 2.25. The smallest absolute Gasteiger partial charge is 0.255 e. The van der Waals surface area contributed by atoms with E-state index >= 15 is 0 Å². The number of nitrogens with one attached hydrogen (secondary N) is 1. The first-order valence-corrected chi connectivity index (χ1v) is 12.9. The predicted molar refractivity (Wildman–Crippen MR) is 130 cm³/mol. The third kappa shape index (κ3) is 5.38. The van der Waals surface area contributed by atoms with Crippen molar-refractivity contribution in [3.8, 4) is 0 Å². The van der Waals surface area contributed by atoms with Crippen molar-refractivity contribution >= 4 is 27.3 Å². The maximum Gasteiger partial charge on any atom is 0.255 e. The van der Waals surface area contributed by atoms with Crippen LogP contribution in [0.3, 0.4) is 0 Å². The van der Waals surface area contributed by atoms with Gasteiger partial charge in [0.15, 0.2) is 0 Å². The molecule has 0 spiro atoms. The van der Waals surface area contributed by atoms with Crippen molar-refractivity contribution < 1.29 is 17.9 Å². The molecule has 0 aliphatic carbocycles. The van der Waals surface area contributed by atoms with Gasteiger partial charge in [0.1, 0.15) is 0 Å². The zero-order valence-electron chi connectivity index (χ0n) is 19.3. The van der Waals surface area contributed by atoms with Gasteiger partial charge in [0.2, 0.25) is 10.0 Å². The van der Waals surface area contributed by atoms with Crippen molar-refractivity contribution in [2.24, 2.45) is 0 Å². The summed E-state index contributed by atoms with van der Waals surface area (Å²) in [5.74, 6) is -0.330. The van der Waals surface area contributed by atoms with Gasteiger partial charge in [0.25, 0.3) is 5.91 Å². The Balaban J connectivity index is 1.50. The van der Waals surface area contributed by atoms with E-state index in [0.29, 0.717) is 49.5 Å². The van der Waals surface area contributed by atoms with Crippen molar-refractivity contribution in [3.05, 3.63) is 53.6 Å². The fraction of sp³-hybridized carbons (Fsp3) is 0.458. The summed E-state index contributed by atoms with van der Waals surface area (Å²) in [6, 6.07) is 12.7. The number of piperazine rings is 1.